The maximum absolute atomic E-state index is 14.0. The van der Waals surface area contributed by atoms with E-state index in [-0.39, 0.29) is 19.5 Å². The smallest absolute Gasteiger partial charge is 0.294 e. The van der Waals surface area contributed by atoms with Gasteiger partial charge in [0.1, 0.15) is 54.9 Å². The van der Waals surface area contributed by atoms with Crippen LogP contribution in [0.5, 0.6) is 0 Å². The zero-order chi connectivity index (χ0) is 36.4. The molecule has 3 aliphatic heterocycles. The maximum atomic E-state index is 14.0. The molecule has 22 heteroatoms. The van der Waals surface area contributed by atoms with Crippen molar-refractivity contribution in [3.05, 3.63) is 12.2 Å². The Balaban J connectivity index is 1.57. The van der Waals surface area contributed by atoms with Crippen molar-refractivity contribution in [2.24, 2.45) is 34.4 Å². The molecule has 284 valence electrons. The molecule has 0 bridgehead atoms. The quantitative estimate of drug-likeness (QED) is 0.0786. The molecule has 18 atom stereocenters. The molecule has 3 heterocycles. The summed E-state index contributed by atoms with van der Waals surface area (Å²) in [7, 11) is 0. The third-order valence-electron chi connectivity index (χ3n) is 9.00. The molecule has 20 nitrogen and oxygen atoms in total. The summed E-state index contributed by atoms with van der Waals surface area (Å²) in [5.74, 6) is -5.55. The van der Waals surface area contributed by atoms with E-state index in [9.17, 15) is 44.2 Å². The van der Waals surface area contributed by atoms with Gasteiger partial charge in [0.05, 0.1) is 37.4 Å². The molecule has 4 rings (SSSR count). The summed E-state index contributed by atoms with van der Waals surface area (Å²) in [6.07, 6.45) is -18.2. The summed E-state index contributed by atoms with van der Waals surface area (Å²) in [4.78, 5) is 12.6. The lowest BCUT2D eigenvalue weighted by Gasteiger charge is -2.46. The molecule has 0 radical (unpaired) electrons. The summed E-state index contributed by atoms with van der Waals surface area (Å²) in [6, 6.07) is -4.70. The highest BCUT2D eigenvalue weighted by molar-refractivity contribution is 5.82. The summed E-state index contributed by atoms with van der Waals surface area (Å²) in [5, 5.41) is 65.3. The number of hydrogen-bond donors (Lipinski definition) is 13. The van der Waals surface area contributed by atoms with E-state index in [1.54, 1.807) is 12.2 Å². The molecule has 4 aliphatic rings. The number of aliphatic hydroxyl groups is 6. The highest BCUT2D eigenvalue weighted by Gasteiger charge is 2.54. The summed E-state index contributed by atoms with van der Waals surface area (Å²) in [6.45, 7) is -2.25. The zero-order valence-corrected chi connectivity index (χ0v) is 26.3. The predicted molar refractivity (Wildman–Crippen MR) is 159 cm³/mol. The molecule has 0 aromatic carbocycles. The van der Waals surface area contributed by atoms with Crippen LogP contribution in [0.15, 0.2) is 12.2 Å². The number of alkyl halides is 2. The van der Waals surface area contributed by atoms with Gasteiger partial charge in [-0.05, 0) is 6.42 Å². The van der Waals surface area contributed by atoms with Crippen molar-refractivity contribution in [2.45, 2.75) is 123 Å². The minimum atomic E-state index is -3.99. The molecule has 1 amide bonds. The second-order valence-electron chi connectivity index (χ2n) is 12.5. The first-order valence-electron chi connectivity index (χ1n) is 15.8. The Labute approximate surface area is 279 Å². The van der Waals surface area contributed by atoms with Gasteiger partial charge in [-0.2, -0.15) is 0 Å². The Kier molecular flexibility index (Phi) is 13.7. The molecule has 1 aliphatic carbocycles. The highest BCUT2D eigenvalue weighted by atomic mass is 19.3. The van der Waals surface area contributed by atoms with Crippen LogP contribution in [0, 0.1) is 0 Å². The zero-order valence-electron chi connectivity index (χ0n) is 26.3. The number of nitrogens with one attached hydrogen (secondary N) is 1. The third-order valence-corrected chi connectivity index (χ3v) is 9.00. The lowest BCUT2D eigenvalue weighted by Crippen LogP contribution is -2.67. The first-order chi connectivity index (χ1) is 23.1. The van der Waals surface area contributed by atoms with Crippen LogP contribution >= 0.6 is 0 Å². The molecule has 3 fully saturated rings. The number of rotatable bonds is 13. The fourth-order valence-corrected chi connectivity index (χ4v) is 6.05. The number of carbonyl (C=O) groups excluding carboxylic acids is 1. The van der Waals surface area contributed by atoms with Gasteiger partial charge >= 0.3 is 0 Å². The SMILES string of the molecule is NC[C@@H]1O[C@H](O[C@H]2[C@@H](O)[C@H](O[C@@H]3[C@@H](O)[C@H](NC(=O)C(O)C(F)(F)CN)C[C@H](N)[C@H]3O[C@H]3O[C@H](CN)C=C[C@H]3N)O[C@@H]2CO)[C@H](N)[C@@H](O)[C@@H]1O. The largest absolute Gasteiger partial charge is 0.394 e. The van der Waals surface area contributed by atoms with E-state index in [0.29, 0.717) is 0 Å². The van der Waals surface area contributed by atoms with E-state index in [0.717, 1.165) is 0 Å². The van der Waals surface area contributed by atoms with E-state index in [4.69, 9.17) is 62.8 Å². The Morgan fingerprint density at radius 1 is 0.837 bits per heavy atom. The number of amides is 1. The summed E-state index contributed by atoms with van der Waals surface area (Å²) in [5.41, 5.74) is 34.8. The van der Waals surface area contributed by atoms with Crippen molar-refractivity contribution in [3.63, 3.8) is 0 Å². The molecule has 49 heavy (non-hydrogen) atoms. The third kappa shape index (κ3) is 8.70. The van der Waals surface area contributed by atoms with Crippen molar-refractivity contribution in [1.29, 1.82) is 0 Å². The van der Waals surface area contributed by atoms with Gasteiger partial charge < -0.3 is 98.8 Å². The van der Waals surface area contributed by atoms with Gasteiger partial charge in [-0.1, -0.05) is 12.2 Å². The second-order valence-corrected chi connectivity index (χ2v) is 12.5. The molecule has 2 saturated heterocycles. The van der Waals surface area contributed by atoms with E-state index < -0.39 is 135 Å². The normalized spacial score (nSPS) is 45.3. The fraction of sp³-hybridized carbons (Fsp3) is 0.889. The van der Waals surface area contributed by atoms with Crippen LogP contribution in [-0.4, -0.2) is 179 Å². The minimum absolute atomic E-state index is 0.0641. The van der Waals surface area contributed by atoms with E-state index in [1.807, 2.05) is 0 Å². The Bertz CT molecular complexity index is 1120. The minimum Gasteiger partial charge on any atom is -0.394 e. The van der Waals surface area contributed by atoms with Gasteiger partial charge in [0.2, 0.25) is 0 Å². The van der Waals surface area contributed by atoms with Crippen LogP contribution in [-0.2, 0) is 33.2 Å². The molecule has 19 N–H and O–H groups in total. The van der Waals surface area contributed by atoms with Crippen molar-refractivity contribution < 1.29 is 72.6 Å². The molecule has 0 aromatic heterocycles. The Morgan fingerprint density at radius 3 is 2.08 bits per heavy atom. The monoisotopic (exact) mass is 717 g/mol. The van der Waals surface area contributed by atoms with Crippen molar-refractivity contribution in [3.8, 4) is 0 Å². The number of hydrogen-bond acceptors (Lipinski definition) is 19. The number of halogens is 2. The van der Waals surface area contributed by atoms with Crippen LogP contribution in [0.4, 0.5) is 8.78 Å². The standard InChI is InChI=1S/C27H49F2N7O13/c28-27(29,7-32)22(42)23(43)36-11-3-10(34)19(47-24-9(33)2-1-8(4-30)44-24)21(15(11)38)49-26-18(41)20(13(6-37)46-26)48-25-14(35)17(40)16(39)12(5-31)45-25/h1-2,8-22,24-26,37-42H,3-7,30-35H2,(H,36,43)/t8-,9+,10-,11+,12-,13+,14+,15-,16+,17+,18+,19+,20+,21+,22?,24+,25+,26-/m0/s1. The van der Waals surface area contributed by atoms with E-state index in [2.05, 4.69) is 5.32 Å². The van der Waals surface area contributed by atoms with Gasteiger partial charge in [-0.15, -0.1) is 0 Å². The lowest BCUT2D eigenvalue weighted by molar-refractivity contribution is -0.284. The topological polar surface area (TPSA) is 362 Å². The van der Waals surface area contributed by atoms with Gasteiger partial charge in [0, 0.05) is 19.1 Å². The molecule has 0 spiro atoms. The second kappa shape index (κ2) is 16.8. The van der Waals surface area contributed by atoms with Crippen LogP contribution in [0.3, 0.4) is 0 Å². The van der Waals surface area contributed by atoms with E-state index >= 15 is 0 Å². The Hall–Kier alpha value is -1.65. The van der Waals surface area contributed by atoms with Crippen LogP contribution in [0.25, 0.3) is 0 Å². The van der Waals surface area contributed by atoms with Gasteiger partial charge in [-0.3, -0.25) is 4.79 Å². The van der Waals surface area contributed by atoms with E-state index in [1.165, 1.54) is 0 Å². The van der Waals surface area contributed by atoms with Crippen LogP contribution in [0.2, 0.25) is 0 Å². The molecular weight excluding hydrogens is 668 g/mol. The van der Waals surface area contributed by atoms with Crippen LogP contribution < -0.4 is 39.7 Å². The van der Waals surface area contributed by atoms with Crippen molar-refractivity contribution in [2.75, 3.05) is 26.2 Å². The molecular formula is C27H49F2N7O13. The van der Waals surface area contributed by atoms with Gasteiger partial charge in [0.25, 0.3) is 11.8 Å². The average molecular weight is 718 g/mol. The maximum Gasteiger partial charge on any atom is 0.294 e. The number of ether oxygens (including phenoxy) is 6. The summed E-state index contributed by atoms with van der Waals surface area (Å²) < 4.78 is 62.9. The van der Waals surface area contributed by atoms with Gasteiger partial charge in [0.15, 0.2) is 25.0 Å². The Morgan fingerprint density at radius 2 is 1.47 bits per heavy atom. The highest BCUT2D eigenvalue weighted by Crippen LogP contribution is 2.34. The number of carbonyl (C=O) groups is 1. The predicted octanol–water partition coefficient (Wildman–Crippen LogP) is -7.95. The van der Waals surface area contributed by atoms with Crippen LogP contribution in [0.1, 0.15) is 6.42 Å². The van der Waals surface area contributed by atoms with Gasteiger partial charge in [-0.25, -0.2) is 8.78 Å². The average Bonchev–Trinajstić information content (AvgIpc) is 3.38. The molecule has 0 aromatic rings. The van der Waals surface area contributed by atoms with Crippen molar-refractivity contribution >= 4 is 5.91 Å². The first kappa shape index (κ1) is 40.1. The van der Waals surface area contributed by atoms with Crippen molar-refractivity contribution in [1.82, 2.24) is 5.32 Å². The molecule has 1 unspecified atom stereocenters. The lowest BCUT2D eigenvalue weighted by atomic mass is 9.83. The number of aliphatic hydroxyl groups excluding tert-OH is 6. The first-order valence-corrected chi connectivity index (χ1v) is 15.8. The fourth-order valence-electron chi connectivity index (χ4n) is 6.05. The summed E-state index contributed by atoms with van der Waals surface area (Å²) >= 11 is 0. The number of nitrogens with two attached hydrogens (primary N) is 6. The molecule has 1 saturated carbocycles.